The Hall–Kier alpha value is -2.33. The number of aromatic nitrogens is 1. The summed E-state index contributed by atoms with van der Waals surface area (Å²) in [5.74, 6) is -0.927. The van der Waals surface area contributed by atoms with Crippen LogP contribution in [0.25, 0.3) is 31.1 Å². The molecule has 2 N–H and O–H groups in total. The summed E-state index contributed by atoms with van der Waals surface area (Å²) in [6.07, 6.45) is 0. The van der Waals surface area contributed by atoms with Crippen LogP contribution in [0.5, 0.6) is 0 Å². The molecule has 2 aromatic heterocycles. The number of thiophene rings is 1. The van der Waals surface area contributed by atoms with E-state index in [2.05, 4.69) is 23.2 Å². The van der Waals surface area contributed by atoms with Crippen LogP contribution in [0, 0.1) is 0 Å². The van der Waals surface area contributed by atoms with E-state index in [0.717, 1.165) is 16.3 Å². The van der Waals surface area contributed by atoms with Crippen LogP contribution in [0.3, 0.4) is 0 Å². The summed E-state index contributed by atoms with van der Waals surface area (Å²) in [6, 6.07) is 13.9. The molecule has 0 unspecified atom stereocenters. The van der Waals surface area contributed by atoms with E-state index in [9.17, 15) is 4.79 Å². The number of nitrogens with one attached hydrogen (secondary N) is 1. The molecule has 0 fully saturated rings. The molecule has 0 aliphatic carbocycles. The van der Waals surface area contributed by atoms with E-state index in [0.29, 0.717) is 0 Å². The Morgan fingerprint density at radius 2 is 1.95 bits per heavy atom. The van der Waals surface area contributed by atoms with Crippen molar-refractivity contribution in [3.05, 3.63) is 48.2 Å². The Morgan fingerprint density at radius 1 is 1.11 bits per heavy atom. The van der Waals surface area contributed by atoms with Crippen LogP contribution in [0.1, 0.15) is 10.5 Å². The molecule has 4 heteroatoms. The maximum Gasteiger partial charge on any atom is 0.352 e. The van der Waals surface area contributed by atoms with Gasteiger partial charge in [0.25, 0.3) is 0 Å². The SMILES string of the molecule is O=C(O)c1cc2ccc3sc4ccccc4c3c2[nH]1. The number of hydrogen-bond acceptors (Lipinski definition) is 2. The molecule has 3 nitrogen and oxygen atoms in total. The fourth-order valence-electron chi connectivity index (χ4n) is 2.53. The fourth-order valence-corrected chi connectivity index (χ4v) is 3.64. The summed E-state index contributed by atoms with van der Waals surface area (Å²) in [7, 11) is 0. The molecule has 92 valence electrons. The number of carbonyl (C=O) groups is 1. The molecule has 4 rings (SSSR count). The van der Waals surface area contributed by atoms with Crippen molar-refractivity contribution in [2.45, 2.75) is 0 Å². The van der Waals surface area contributed by atoms with E-state index >= 15 is 0 Å². The van der Waals surface area contributed by atoms with Gasteiger partial charge in [-0.2, -0.15) is 0 Å². The number of hydrogen-bond donors (Lipinski definition) is 2. The monoisotopic (exact) mass is 267 g/mol. The second-order valence-electron chi connectivity index (χ2n) is 4.49. The van der Waals surface area contributed by atoms with Gasteiger partial charge < -0.3 is 10.1 Å². The third kappa shape index (κ3) is 1.40. The molecule has 0 atom stereocenters. The predicted octanol–water partition coefficient (Wildman–Crippen LogP) is 4.23. The van der Waals surface area contributed by atoms with Gasteiger partial charge in [0.2, 0.25) is 0 Å². The minimum Gasteiger partial charge on any atom is -0.477 e. The van der Waals surface area contributed by atoms with Crippen LogP contribution in [-0.4, -0.2) is 16.1 Å². The quantitative estimate of drug-likeness (QED) is 0.542. The standard InChI is InChI=1S/C15H9NO2S/c17-15(18)10-7-8-5-6-12-13(14(8)16-10)9-3-1-2-4-11(9)19-12/h1-7,16H,(H,17,18). The maximum absolute atomic E-state index is 11.1. The fraction of sp³-hybridized carbons (Fsp3) is 0. The van der Waals surface area contributed by atoms with Crippen molar-refractivity contribution in [1.82, 2.24) is 4.98 Å². The number of aromatic carboxylic acids is 1. The van der Waals surface area contributed by atoms with Gasteiger partial charge in [-0.25, -0.2) is 4.79 Å². The van der Waals surface area contributed by atoms with Gasteiger partial charge in [-0.1, -0.05) is 24.3 Å². The van der Waals surface area contributed by atoms with Crippen LogP contribution in [-0.2, 0) is 0 Å². The summed E-state index contributed by atoms with van der Waals surface area (Å²) >= 11 is 1.73. The number of rotatable bonds is 1. The topological polar surface area (TPSA) is 53.1 Å². The van der Waals surface area contributed by atoms with Crippen molar-refractivity contribution in [2.75, 3.05) is 0 Å². The van der Waals surface area contributed by atoms with Crippen LogP contribution in [0.4, 0.5) is 0 Å². The van der Waals surface area contributed by atoms with Gasteiger partial charge in [0, 0.05) is 25.6 Å². The highest BCUT2D eigenvalue weighted by atomic mass is 32.1. The first-order valence-electron chi connectivity index (χ1n) is 5.90. The molecule has 0 radical (unpaired) electrons. The van der Waals surface area contributed by atoms with Crippen LogP contribution in [0.2, 0.25) is 0 Å². The lowest BCUT2D eigenvalue weighted by atomic mass is 10.1. The van der Waals surface area contributed by atoms with Gasteiger partial charge in [-0.3, -0.25) is 0 Å². The van der Waals surface area contributed by atoms with E-state index in [4.69, 9.17) is 5.11 Å². The smallest absolute Gasteiger partial charge is 0.352 e. The molecule has 0 saturated carbocycles. The Morgan fingerprint density at radius 3 is 2.79 bits per heavy atom. The highest BCUT2D eigenvalue weighted by Gasteiger charge is 2.13. The van der Waals surface area contributed by atoms with Gasteiger partial charge in [0.05, 0.1) is 5.52 Å². The third-order valence-electron chi connectivity index (χ3n) is 3.37. The lowest BCUT2D eigenvalue weighted by molar-refractivity contribution is 0.0691. The van der Waals surface area contributed by atoms with Crippen molar-refractivity contribution in [3.63, 3.8) is 0 Å². The Bertz CT molecular complexity index is 949. The first-order chi connectivity index (χ1) is 9.24. The third-order valence-corrected chi connectivity index (χ3v) is 4.50. The largest absolute Gasteiger partial charge is 0.477 e. The molecular formula is C15H9NO2S. The number of benzene rings is 2. The lowest BCUT2D eigenvalue weighted by Gasteiger charge is -1.94. The normalized spacial score (nSPS) is 11.6. The average Bonchev–Trinajstić information content (AvgIpc) is 2.98. The summed E-state index contributed by atoms with van der Waals surface area (Å²) < 4.78 is 2.39. The van der Waals surface area contributed by atoms with E-state index in [-0.39, 0.29) is 5.69 Å². The molecular weight excluding hydrogens is 258 g/mol. The number of H-pyrrole nitrogens is 1. The van der Waals surface area contributed by atoms with Crippen molar-refractivity contribution in [2.24, 2.45) is 0 Å². The molecule has 2 heterocycles. The summed E-state index contributed by atoms with van der Waals surface area (Å²) in [5, 5.41) is 12.3. The molecule has 19 heavy (non-hydrogen) atoms. The van der Waals surface area contributed by atoms with Gasteiger partial charge in [-0.05, 0) is 18.2 Å². The summed E-state index contributed by atoms with van der Waals surface area (Å²) in [5.41, 5.74) is 1.14. The Kier molecular flexibility index (Phi) is 2.00. The molecule has 0 amide bonds. The molecule has 2 aromatic carbocycles. The van der Waals surface area contributed by atoms with E-state index in [1.807, 2.05) is 18.2 Å². The summed E-state index contributed by atoms with van der Waals surface area (Å²) in [4.78, 5) is 14.1. The zero-order chi connectivity index (χ0) is 13.0. The molecule has 4 aromatic rings. The first kappa shape index (κ1) is 10.6. The van der Waals surface area contributed by atoms with Gasteiger partial charge in [0.15, 0.2) is 0 Å². The Balaban J connectivity index is 2.25. The zero-order valence-electron chi connectivity index (χ0n) is 9.81. The summed E-state index contributed by atoms with van der Waals surface area (Å²) in [6.45, 7) is 0. The number of carboxylic acids is 1. The van der Waals surface area contributed by atoms with Crippen LogP contribution in [0.15, 0.2) is 42.5 Å². The predicted molar refractivity (Wildman–Crippen MR) is 78.1 cm³/mol. The van der Waals surface area contributed by atoms with Gasteiger partial charge in [0.1, 0.15) is 5.69 Å². The van der Waals surface area contributed by atoms with Gasteiger partial charge >= 0.3 is 5.97 Å². The molecule has 0 spiro atoms. The Labute approximate surface area is 112 Å². The zero-order valence-corrected chi connectivity index (χ0v) is 10.6. The van der Waals surface area contributed by atoms with Crippen molar-refractivity contribution < 1.29 is 9.90 Å². The number of carboxylic acid groups (broad SMARTS) is 1. The molecule has 0 saturated heterocycles. The maximum atomic E-state index is 11.1. The second kappa shape index (κ2) is 3.59. The lowest BCUT2D eigenvalue weighted by Crippen LogP contribution is -1.94. The molecule has 0 bridgehead atoms. The van der Waals surface area contributed by atoms with E-state index in [1.54, 1.807) is 17.4 Å². The molecule has 0 aliphatic rings. The van der Waals surface area contributed by atoms with Crippen LogP contribution >= 0.6 is 11.3 Å². The van der Waals surface area contributed by atoms with Crippen molar-refractivity contribution >= 4 is 48.4 Å². The minimum atomic E-state index is -0.927. The van der Waals surface area contributed by atoms with E-state index < -0.39 is 5.97 Å². The number of fused-ring (bicyclic) bond motifs is 5. The number of aromatic amines is 1. The first-order valence-corrected chi connectivity index (χ1v) is 6.72. The molecule has 0 aliphatic heterocycles. The van der Waals surface area contributed by atoms with Crippen LogP contribution < -0.4 is 0 Å². The van der Waals surface area contributed by atoms with Crippen molar-refractivity contribution in [1.29, 1.82) is 0 Å². The average molecular weight is 267 g/mol. The minimum absolute atomic E-state index is 0.234. The van der Waals surface area contributed by atoms with Gasteiger partial charge in [-0.15, -0.1) is 11.3 Å². The highest BCUT2D eigenvalue weighted by molar-refractivity contribution is 7.26. The van der Waals surface area contributed by atoms with E-state index in [1.165, 1.54) is 14.8 Å². The second-order valence-corrected chi connectivity index (χ2v) is 5.57. The van der Waals surface area contributed by atoms with Crippen molar-refractivity contribution in [3.8, 4) is 0 Å². The highest BCUT2D eigenvalue weighted by Crippen LogP contribution is 2.38.